The van der Waals surface area contributed by atoms with Gasteiger partial charge in [0.2, 0.25) is 0 Å². The summed E-state index contributed by atoms with van der Waals surface area (Å²) in [6, 6.07) is 18.0. The third-order valence-corrected chi connectivity index (χ3v) is 6.71. The predicted molar refractivity (Wildman–Crippen MR) is 152 cm³/mol. The van der Waals surface area contributed by atoms with Gasteiger partial charge in [-0.25, -0.2) is 4.79 Å². The molecule has 0 amide bonds. The molecule has 214 valence electrons. The molecule has 41 heavy (non-hydrogen) atoms. The fourth-order valence-corrected chi connectivity index (χ4v) is 4.46. The van der Waals surface area contributed by atoms with Crippen molar-refractivity contribution in [1.29, 1.82) is 0 Å². The molecular weight excluding hydrogens is 531 g/mol. The molecule has 0 spiro atoms. The third-order valence-electron chi connectivity index (χ3n) is 6.71. The number of carbonyl (C=O) groups is 1. The Morgan fingerprint density at radius 2 is 1.61 bits per heavy atom. The van der Waals surface area contributed by atoms with Crippen molar-refractivity contribution in [3.8, 4) is 23.3 Å². The average molecular weight is 564 g/mol. The molecule has 0 unspecified atom stereocenters. The van der Waals surface area contributed by atoms with E-state index in [9.17, 15) is 18.0 Å². The highest BCUT2D eigenvalue weighted by molar-refractivity contribution is 5.80. The first kappa shape index (κ1) is 29.8. The Labute approximate surface area is 238 Å². The fourth-order valence-electron chi connectivity index (χ4n) is 4.46. The van der Waals surface area contributed by atoms with Crippen molar-refractivity contribution in [2.24, 2.45) is 0 Å². The quantitative estimate of drug-likeness (QED) is 0.219. The van der Waals surface area contributed by atoms with Crippen molar-refractivity contribution in [3.05, 3.63) is 101 Å². The van der Waals surface area contributed by atoms with Crippen molar-refractivity contribution in [2.45, 2.75) is 25.9 Å². The van der Waals surface area contributed by atoms with E-state index < -0.39 is 17.7 Å². The van der Waals surface area contributed by atoms with Crippen LogP contribution in [0.15, 0.2) is 72.8 Å². The molecule has 1 aliphatic rings. The molecule has 1 saturated heterocycles. The van der Waals surface area contributed by atoms with Gasteiger partial charge in [-0.2, -0.15) is 13.2 Å². The maximum absolute atomic E-state index is 13.2. The molecule has 0 aromatic heterocycles. The fraction of sp³-hybridized carbons (Fsp3) is 0.303. The molecule has 0 atom stereocenters. The highest BCUT2D eigenvalue weighted by Gasteiger charge is 2.30. The molecule has 3 aromatic rings. The molecule has 1 fully saturated rings. The van der Waals surface area contributed by atoms with E-state index in [1.807, 2.05) is 37.3 Å². The standard InChI is InChI=1S/C33H32F3NO4/c1-24-22-29(15-16-31(24)41-23-32(38)39-2)40-21-17-30(27-11-13-28(14-12-27)33(34,35)36)26-9-7-25(8-10-26)6-5-20-37-18-3-4-19-37/h7-17,22H,3-4,18-21,23H2,1-2H3. The molecule has 8 heteroatoms. The lowest BCUT2D eigenvalue weighted by molar-refractivity contribution is -0.143. The molecule has 1 aliphatic heterocycles. The van der Waals surface area contributed by atoms with Gasteiger partial charge in [-0.3, -0.25) is 4.90 Å². The number of halogens is 3. The molecule has 0 aliphatic carbocycles. The van der Waals surface area contributed by atoms with Gasteiger partial charge in [0.15, 0.2) is 6.61 Å². The SMILES string of the molecule is COC(=O)COc1ccc(OCC=C(c2ccc(C#CCN3CCCC3)cc2)c2ccc(C(F)(F)F)cc2)cc1C. The summed E-state index contributed by atoms with van der Waals surface area (Å²) in [5, 5.41) is 0. The largest absolute Gasteiger partial charge is 0.489 e. The Balaban J connectivity index is 1.51. The van der Waals surface area contributed by atoms with Crippen LogP contribution < -0.4 is 9.47 Å². The first-order valence-electron chi connectivity index (χ1n) is 13.4. The van der Waals surface area contributed by atoms with Crippen molar-refractivity contribution >= 4 is 11.5 Å². The Hall–Kier alpha value is -4.22. The summed E-state index contributed by atoms with van der Waals surface area (Å²) in [5.74, 6) is 7.06. The Kier molecular flexibility index (Phi) is 10.1. The summed E-state index contributed by atoms with van der Waals surface area (Å²) >= 11 is 0. The van der Waals surface area contributed by atoms with Crippen LogP contribution in [0, 0.1) is 18.8 Å². The number of rotatable bonds is 9. The summed E-state index contributed by atoms with van der Waals surface area (Å²) in [6.07, 6.45) is -0.135. The van der Waals surface area contributed by atoms with E-state index in [0.29, 0.717) is 17.1 Å². The maximum Gasteiger partial charge on any atom is 0.416 e. The van der Waals surface area contributed by atoms with E-state index in [-0.39, 0.29) is 13.2 Å². The number of likely N-dealkylation sites (tertiary alicyclic amines) is 1. The van der Waals surface area contributed by atoms with E-state index in [4.69, 9.17) is 9.47 Å². The lowest BCUT2D eigenvalue weighted by Crippen LogP contribution is -2.18. The van der Waals surface area contributed by atoms with Gasteiger partial charge in [0.1, 0.15) is 18.1 Å². The van der Waals surface area contributed by atoms with Gasteiger partial charge in [0.25, 0.3) is 0 Å². The molecule has 0 bridgehead atoms. The second-order valence-corrected chi connectivity index (χ2v) is 9.66. The third kappa shape index (κ3) is 8.63. The maximum atomic E-state index is 13.2. The van der Waals surface area contributed by atoms with Crippen LogP contribution >= 0.6 is 0 Å². The highest BCUT2D eigenvalue weighted by atomic mass is 19.4. The van der Waals surface area contributed by atoms with Gasteiger partial charge in [-0.15, -0.1) is 0 Å². The second-order valence-electron chi connectivity index (χ2n) is 9.66. The van der Waals surface area contributed by atoms with Crippen LogP contribution in [-0.4, -0.2) is 50.8 Å². The number of hydrogen-bond donors (Lipinski definition) is 0. The molecule has 0 saturated carbocycles. The predicted octanol–water partition coefficient (Wildman–Crippen LogP) is 6.52. The van der Waals surface area contributed by atoms with Crippen molar-refractivity contribution in [3.63, 3.8) is 0 Å². The summed E-state index contributed by atoms with van der Waals surface area (Å²) in [4.78, 5) is 13.7. The zero-order valence-electron chi connectivity index (χ0n) is 23.1. The first-order valence-corrected chi connectivity index (χ1v) is 13.4. The number of ether oxygens (including phenoxy) is 3. The van der Waals surface area contributed by atoms with E-state index in [0.717, 1.165) is 54.0 Å². The lowest BCUT2D eigenvalue weighted by atomic mass is 9.96. The van der Waals surface area contributed by atoms with Crippen molar-refractivity contribution in [1.82, 2.24) is 4.90 Å². The van der Waals surface area contributed by atoms with E-state index in [1.165, 1.54) is 32.1 Å². The van der Waals surface area contributed by atoms with E-state index in [2.05, 4.69) is 21.5 Å². The molecular formula is C33H32F3NO4. The van der Waals surface area contributed by atoms with Crippen LogP contribution in [0.4, 0.5) is 13.2 Å². The Morgan fingerprint density at radius 3 is 2.22 bits per heavy atom. The molecule has 0 N–H and O–H groups in total. The van der Waals surface area contributed by atoms with Crippen LogP contribution in [-0.2, 0) is 15.7 Å². The van der Waals surface area contributed by atoms with Crippen LogP contribution in [0.25, 0.3) is 5.57 Å². The number of nitrogens with zero attached hydrogens (tertiary/aromatic N) is 1. The minimum atomic E-state index is -4.41. The average Bonchev–Trinajstić information content (AvgIpc) is 3.48. The minimum Gasteiger partial charge on any atom is -0.489 e. The summed E-state index contributed by atoms with van der Waals surface area (Å²) in [5.41, 5.74) is 3.16. The summed E-state index contributed by atoms with van der Waals surface area (Å²) in [6.45, 7) is 4.73. The van der Waals surface area contributed by atoms with Gasteiger partial charge in [0, 0.05) is 5.56 Å². The smallest absolute Gasteiger partial charge is 0.416 e. The van der Waals surface area contributed by atoms with Gasteiger partial charge >= 0.3 is 12.1 Å². The van der Waals surface area contributed by atoms with Crippen molar-refractivity contribution < 1.29 is 32.2 Å². The van der Waals surface area contributed by atoms with Crippen LogP contribution in [0.3, 0.4) is 0 Å². The normalized spacial score (nSPS) is 13.8. The first-order chi connectivity index (χ1) is 19.7. The number of benzene rings is 3. The second kappa shape index (κ2) is 13.9. The van der Waals surface area contributed by atoms with E-state index in [1.54, 1.807) is 18.2 Å². The molecule has 1 heterocycles. The van der Waals surface area contributed by atoms with Gasteiger partial charge < -0.3 is 14.2 Å². The number of alkyl halides is 3. The number of methoxy groups -OCH3 is 1. The van der Waals surface area contributed by atoms with Gasteiger partial charge in [0.05, 0.1) is 19.2 Å². The number of hydrogen-bond acceptors (Lipinski definition) is 5. The van der Waals surface area contributed by atoms with Gasteiger partial charge in [-0.1, -0.05) is 36.1 Å². The molecule has 4 rings (SSSR count). The molecule has 3 aromatic carbocycles. The van der Waals surface area contributed by atoms with Crippen molar-refractivity contribution in [2.75, 3.05) is 40.0 Å². The number of carbonyl (C=O) groups excluding carboxylic acids is 1. The topological polar surface area (TPSA) is 48.0 Å². The van der Waals surface area contributed by atoms with Crippen LogP contribution in [0.2, 0.25) is 0 Å². The van der Waals surface area contributed by atoms with Crippen LogP contribution in [0.1, 0.15) is 40.7 Å². The zero-order valence-corrected chi connectivity index (χ0v) is 23.1. The highest BCUT2D eigenvalue weighted by Crippen LogP contribution is 2.32. The van der Waals surface area contributed by atoms with Gasteiger partial charge in [-0.05, 0) is 104 Å². The number of esters is 1. The molecule has 5 nitrogen and oxygen atoms in total. The number of aryl methyl sites for hydroxylation is 1. The lowest BCUT2D eigenvalue weighted by Gasteiger charge is -2.13. The van der Waals surface area contributed by atoms with Crippen LogP contribution in [0.5, 0.6) is 11.5 Å². The van der Waals surface area contributed by atoms with E-state index >= 15 is 0 Å². The molecule has 0 radical (unpaired) electrons. The Morgan fingerprint density at radius 1 is 0.951 bits per heavy atom. The zero-order chi connectivity index (χ0) is 29.2. The summed E-state index contributed by atoms with van der Waals surface area (Å²) in [7, 11) is 1.29. The monoisotopic (exact) mass is 563 g/mol. The minimum absolute atomic E-state index is 0.176. The summed E-state index contributed by atoms with van der Waals surface area (Å²) < 4.78 is 55.5. The Bertz CT molecular complexity index is 1410.